The van der Waals surface area contributed by atoms with Crippen LogP contribution in [0.25, 0.3) is 32.9 Å². The zero-order valence-corrected chi connectivity index (χ0v) is 24.0. The molecule has 0 aliphatic carbocycles. The van der Waals surface area contributed by atoms with E-state index < -0.39 is 11.7 Å². The van der Waals surface area contributed by atoms with E-state index in [0.29, 0.717) is 24.2 Å². The van der Waals surface area contributed by atoms with Crippen LogP contribution in [0, 0.1) is 6.92 Å². The van der Waals surface area contributed by atoms with Crippen LogP contribution in [0.5, 0.6) is 0 Å². The van der Waals surface area contributed by atoms with Crippen molar-refractivity contribution < 1.29 is 19.1 Å². The maximum Gasteiger partial charge on any atom is 0.258 e. The Kier molecular flexibility index (Phi) is 5.90. The molecular formula is C34H32N4O4. The summed E-state index contributed by atoms with van der Waals surface area (Å²) in [5.41, 5.74) is 14.3. The molecule has 1 saturated heterocycles. The van der Waals surface area contributed by atoms with Crippen molar-refractivity contribution in [1.29, 1.82) is 0 Å². The molecule has 0 saturated carbocycles. The molecule has 1 aromatic heterocycles. The van der Waals surface area contributed by atoms with Gasteiger partial charge in [0.05, 0.1) is 24.2 Å². The van der Waals surface area contributed by atoms with Gasteiger partial charge >= 0.3 is 0 Å². The molecular weight excluding hydrogens is 528 g/mol. The van der Waals surface area contributed by atoms with Gasteiger partial charge < -0.3 is 30.0 Å². The van der Waals surface area contributed by atoms with E-state index >= 15 is 0 Å². The predicted octanol–water partition coefficient (Wildman–Crippen LogP) is 6.10. The minimum Gasteiger partial charge on any atom is -0.366 e. The molecule has 212 valence electrons. The Morgan fingerprint density at radius 3 is 2.55 bits per heavy atom. The zero-order chi connectivity index (χ0) is 29.3. The highest BCUT2D eigenvalue weighted by atomic mass is 16.8. The average molecular weight is 561 g/mol. The van der Waals surface area contributed by atoms with E-state index in [9.17, 15) is 9.59 Å². The maximum atomic E-state index is 13.3. The Labute approximate surface area is 243 Å². The van der Waals surface area contributed by atoms with E-state index in [2.05, 4.69) is 29.2 Å². The van der Waals surface area contributed by atoms with Crippen LogP contribution in [-0.4, -0.2) is 42.5 Å². The molecule has 0 bridgehead atoms. The second-order valence-electron chi connectivity index (χ2n) is 11.5. The third-order valence-corrected chi connectivity index (χ3v) is 8.54. The number of rotatable bonds is 5. The van der Waals surface area contributed by atoms with Crippen LogP contribution in [0.2, 0.25) is 0 Å². The Morgan fingerprint density at radius 1 is 1.02 bits per heavy atom. The van der Waals surface area contributed by atoms with Gasteiger partial charge in [-0.05, 0) is 73.4 Å². The first kappa shape index (κ1) is 26.3. The third kappa shape index (κ3) is 4.06. The Hall–Kier alpha value is -4.66. The highest BCUT2D eigenvalue weighted by Gasteiger charge is 2.35. The highest BCUT2D eigenvalue weighted by molar-refractivity contribution is 6.20. The number of primary amides is 1. The van der Waals surface area contributed by atoms with Crippen LogP contribution >= 0.6 is 0 Å². The molecule has 0 unspecified atom stereocenters. The van der Waals surface area contributed by atoms with Crippen molar-refractivity contribution in [2.24, 2.45) is 5.73 Å². The molecule has 42 heavy (non-hydrogen) atoms. The predicted molar refractivity (Wildman–Crippen MR) is 165 cm³/mol. The van der Waals surface area contributed by atoms with Gasteiger partial charge in [0.2, 0.25) is 0 Å². The lowest BCUT2D eigenvalue weighted by molar-refractivity contribution is -0.137. The maximum absolute atomic E-state index is 13.3. The number of carbonyl (C=O) groups excluding carboxylic acids is 2. The summed E-state index contributed by atoms with van der Waals surface area (Å²) in [6, 6.07) is 23.7. The SMILES string of the molecule is Cc1c(-c2ccc(C(N)=O)c3[nH]c4cc(N(C)[C@@H]5COC(C)(C)O5)ccc4c23)cccc1N1Cc2ccccc2C1=O. The van der Waals surface area contributed by atoms with Gasteiger partial charge in [-0.25, -0.2) is 0 Å². The Balaban J connectivity index is 1.35. The van der Waals surface area contributed by atoms with Gasteiger partial charge in [-0.1, -0.05) is 42.5 Å². The monoisotopic (exact) mass is 560 g/mol. The summed E-state index contributed by atoms with van der Waals surface area (Å²) in [5, 5.41) is 1.88. The van der Waals surface area contributed by atoms with Crippen molar-refractivity contribution in [3.8, 4) is 11.1 Å². The van der Waals surface area contributed by atoms with Gasteiger partial charge in [-0.2, -0.15) is 0 Å². The molecule has 7 rings (SSSR count). The summed E-state index contributed by atoms with van der Waals surface area (Å²) < 4.78 is 11.8. The number of likely N-dealkylation sites (N-methyl/N-ethyl adjacent to an activating group) is 1. The standard InChI is InChI=1S/C34H32N4O4/c1-19-22(10-7-11-28(19)38-17-20-8-5-6-9-23(20)33(38)40)24-14-15-26(32(35)39)31-30(24)25-13-12-21(16-27(25)36-31)37(4)29-18-41-34(2,3)42-29/h5-16,29,36H,17-18H2,1-4H3,(H2,35,39)/t29-/m0/s1. The number of H-pyrrole nitrogens is 1. The summed E-state index contributed by atoms with van der Waals surface area (Å²) in [5.74, 6) is -1.13. The summed E-state index contributed by atoms with van der Waals surface area (Å²) in [7, 11) is 1.98. The van der Waals surface area contributed by atoms with Crippen molar-refractivity contribution in [1.82, 2.24) is 4.98 Å². The van der Waals surface area contributed by atoms with Crippen molar-refractivity contribution in [3.63, 3.8) is 0 Å². The molecule has 2 aliphatic heterocycles. The highest BCUT2D eigenvalue weighted by Crippen LogP contribution is 2.42. The van der Waals surface area contributed by atoms with Gasteiger partial charge in [-0.3, -0.25) is 9.59 Å². The van der Waals surface area contributed by atoms with Gasteiger partial charge in [-0.15, -0.1) is 0 Å². The molecule has 1 fully saturated rings. The lowest BCUT2D eigenvalue weighted by Crippen LogP contribution is -2.35. The lowest BCUT2D eigenvalue weighted by Gasteiger charge is -2.26. The Bertz CT molecular complexity index is 1920. The van der Waals surface area contributed by atoms with E-state index in [-0.39, 0.29) is 12.1 Å². The van der Waals surface area contributed by atoms with Crippen molar-refractivity contribution in [2.75, 3.05) is 23.5 Å². The van der Waals surface area contributed by atoms with Gasteiger partial charge in [0.25, 0.3) is 11.8 Å². The normalized spacial score (nSPS) is 17.8. The van der Waals surface area contributed by atoms with E-state index in [0.717, 1.165) is 55.5 Å². The summed E-state index contributed by atoms with van der Waals surface area (Å²) >= 11 is 0. The zero-order valence-electron chi connectivity index (χ0n) is 24.0. The molecule has 2 amide bonds. The van der Waals surface area contributed by atoms with Gasteiger partial charge in [0, 0.05) is 40.3 Å². The number of aromatic amines is 1. The summed E-state index contributed by atoms with van der Waals surface area (Å²) in [6.07, 6.45) is -0.219. The topological polar surface area (TPSA) is 101 Å². The quantitative estimate of drug-likeness (QED) is 0.271. The van der Waals surface area contributed by atoms with Crippen LogP contribution in [0.3, 0.4) is 0 Å². The smallest absolute Gasteiger partial charge is 0.258 e. The number of nitrogens with one attached hydrogen (secondary N) is 1. The first-order valence-corrected chi connectivity index (χ1v) is 14.1. The van der Waals surface area contributed by atoms with E-state index in [4.69, 9.17) is 15.2 Å². The minimum atomic E-state index is -0.635. The first-order valence-electron chi connectivity index (χ1n) is 14.1. The average Bonchev–Trinajstić information content (AvgIpc) is 3.64. The number of nitrogens with two attached hydrogens (primary N) is 1. The number of nitrogens with zero attached hydrogens (tertiary/aromatic N) is 2. The molecule has 0 radical (unpaired) electrons. The number of aromatic nitrogens is 1. The number of carbonyl (C=O) groups is 2. The molecule has 3 N–H and O–H groups in total. The van der Waals surface area contributed by atoms with Crippen LogP contribution in [0.1, 0.15) is 45.7 Å². The van der Waals surface area contributed by atoms with Crippen LogP contribution in [0.4, 0.5) is 11.4 Å². The fraction of sp³-hybridized carbons (Fsp3) is 0.235. The number of fused-ring (bicyclic) bond motifs is 4. The van der Waals surface area contributed by atoms with Crippen molar-refractivity contribution in [2.45, 2.75) is 39.3 Å². The molecule has 4 aromatic carbocycles. The minimum absolute atomic E-state index is 0.00356. The molecule has 3 heterocycles. The molecule has 1 atom stereocenters. The second kappa shape index (κ2) is 9.44. The number of ether oxygens (including phenoxy) is 2. The number of hydrogen-bond donors (Lipinski definition) is 2. The Morgan fingerprint density at radius 2 is 1.81 bits per heavy atom. The summed E-state index contributed by atoms with van der Waals surface area (Å²) in [6.45, 7) is 6.85. The molecule has 5 aromatic rings. The second-order valence-corrected chi connectivity index (χ2v) is 11.5. The van der Waals surface area contributed by atoms with E-state index in [1.165, 1.54) is 0 Å². The molecule has 8 heteroatoms. The molecule has 8 nitrogen and oxygen atoms in total. The van der Waals surface area contributed by atoms with Crippen LogP contribution in [-0.2, 0) is 16.0 Å². The van der Waals surface area contributed by atoms with Gasteiger partial charge in [0.15, 0.2) is 12.0 Å². The largest absolute Gasteiger partial charge is 0.366 e. The van der Waals surface area contributed by atoms with E-state index in [1.54, 1.807) is 6.07 Å². The fourth-order valence-corrected chi connectivity index (χ4v) is 6.33. The molecule has 0 spiro atoms. The molecule has 2 aliphatic rings. The third-order valence-electron chi connectivity index (χ3n) is 8.54. The van der Waals surface area contributed by atoms with E-state index in [1.807, 2.05) is 80.1 Å². The number of hydrogen-bond acceptors (Lipinski definition) is 5. The lowest BCUT2D eigenvalue weighted by atomic mass is 9.93. The number of amides is 2. The van der Waals surface area contributed by atoms with Crippen LogP contribution in [0.15, 0.2) is 72.8 Å². The fourth-order valence-electron chi connectivity index (χ4n) is 6.33. The summed E-state index contributed by atoms with van der Waals surface area (Å²) in [4.78, 5) is 33.2. The van der Waals surface area contributed by atoms with Crippen LogP contribution < -0.4 is 15.5 Å². The van der Waals surface area contributed by atoms with Crippen molar-refractivity contribution >= 4 is 45.0 Å². The van der Waals surface area contributed by atoms with Gasteiger partial charge in [0.1, 0.15) is 0 Å². The number of anilines is 2. The van der Waals surface area contributed by atoms with Crippen molar-refractivity contribution in [3.05, 3.63) is 95.1 Å². The number of benzene rings is 4. The first-order chi connectivity index (χ1) is 20.1.